The van der Waals surface area contributed by atoms with Gasteiger partial charge in [-0.3, -0.25) is 9.36 Å². The molecule has 3 heterocycles. The lowest BCUT2D eigenvalue weighted by molar-refractivity contribution is 0.0697. The number of H-pyrrole nitrogens is 1. The summed E-state index contributed by atoms with van der Waals surface area (Å²) in [6.45, 7) is 3.10. The van der Waals surface area contributed by atoms with Crippen molar-refractivity contribution in [3.05, 3.63) is 100 Å². The maximum Gasteiger partial charge on any atom is 0.326 e. The summed E-state index contributed by atoms with van der Waals surface area (Å²) < 4.78 is 15.3. The number of aryl methyl sites for hydroxylation is 1. The maximum absolute atomic E-state index is 13.8. The standard InChI is InChI=1S/C29H25FN4O2/c1-18-6-11-24-22(16-18)23(17-26(31-24)19-7-9-20(30)10-8-19)28(35)33-14-12-21(13-15-33)34-27-5-3-2-4-25(27)32-29(34)36/h2-11,16-17,21H,12-15H2,1H3,(H,32,36). The second-order valence-electron chi connectivity index (χ2n) is 9.42. The number of nitrogens with zero attached hydrogens (tertiary/aromatic N) is 3. The van der Waals surface area contributed by atoms with Crippen LogP contribution in [-0.2, 0) is 0 Å². The summed E-state index contributed by atoms with van der Waals surface area (Å²) in [6.07, 6.45) is 1.39. The quantitative estimate of drug-likeness (QED) is 0.372. The number of fused-ring (bicyclic) bond motifs is 2. The van der Waals surface area contributed by atoms with Crippen molar-refractivity contribution < 1.29 is 9.18 Å². The number of imidazole rings is 1. The molecule has 5 aromatic rings. The number of hydrogen-bond donors (Lipinski definition) is 1. The maximum atomic E-state index is 13.8. The molecule has 0 unspecified atom stereocenters. The number of aromatic nitrogens is 3. The topological polar surface area (TPSA) is 71.0 Å². The Morgan fingerprint density at radius 2 is 1.75 bits per heavy atom. The summed E-state index contributed by atoms with van der Waals surface area (Å²) in [5.74, 6) is -0.371. The number of aromatic amines is 1. The fourth-order valence-corrected chi connectivity index (χ4v) is 5.22. The van der Waals surface area contributed by atoms with Gasteiger partial charge in [-0.25, -0.2) is 14.2 Å². The molecule has 180 valence electrons. The number of para-hydroxylation sites is 2. The molecular weight excluding hydrogens is 455 g/mol. The van der Waals surface area contributed by atoms with Crippen LogP contribution in [0.25, 0.3) is 33.2 Å². The Hall–Kier alpha value is -4.26. The number of rotatable bonds is 3. The first-order valence-electron chi connectivity index (χ1n) is 12.1. The first kappa shape index (κ1) is 22.2. The van der Waals surface area contributed by atoms with Gasteiger partial charge >= 0.3 is 5.69 Å². The normalized spacial score (nSPS) is 14.6. The number of amides is 1. The number of pyridine rings is 1. The van der Waals surface area contributed by atoms with Crippen molar-refractivity contribution in [1.82, 2.24) is 19.4 Å². The lowest BCUT2D eigenvalue weighted by atomic mass is 9.99. The van der Waals surface area contributed by atoms with Crippen molar-refractivity contribution in [2.45, 2.75) is 25.8 Å². The highest BCUT2D eigenvalue weighted by atomic mass is 19.1. The van der Waals surface area contributed by atoms with Crippen LogP contribution in [0.4, 0.5) is 4.39 Å². The van der Waals surface area contributed by atoms with Crippen LogP contribution in [0.15, 0.2) is 77.6 Å². The summed E-state index contributed by atoms with van der Waals surface area (Å²) in [7, 11) is 0. The molecule has 1 aliphatic heterocycles. The van der Waals surface area contributed by atoms with Crippen molar-refractivity contribution in [2.24, 2.45) is 0 Å². The Morgan fingerprint density at radius 3 is 2.53 bits per heavy atom. The predicted octanol–water partition coefficient (Wildman–Crippen LogP) is 5.47. The van der Waals surface area contributed by atoms with E-state index in [1.165, 1.54) is 12.1 Å². The van der Waals surface area contributed by atoms with E-state index in [-0.39, 0.29) is 23.5 Å². The van der Waals surface area contributed by atoms with E-state index < -0.39 is 0 Å². The molecule has 0 aliphatic carbocycles. The van der Waals surface area contributed by atoms with Gasteiger partial charge in [-0.2, -0.15) is 0 Å². The molecule has 0 saturated carbocycles. The van der Waals surface area contributed by atoms with Crippen molar-refractivity contribution in [1.29, 1.82) is 0 Å². The van der Waals surface area contributed by atoms with Gasteiger partial charge in [0.05, 0.1) is 27.8 Å². The highest BCUT2D eigenvalue weighted by molar-refractivity contribution is 6.07. The molecule has 1 amide bonds. The minimum atomic E-state index is -0.316. The molecule has 1 fully saturated rings. The molecule has 2 aromatic heterocycles. The summed E-state index contributed by atoms with van der Waals surface area (Å²) in [5, 5.41) is 0.806. The molecule has 36 heavy (non-hydrogen) atoms. The van der Waals surface area contributed by atoms with Gasteiger partial charge in [0, 0.05) is 30.1 Å². The van der Waals surface area contributed by atoms with Crippen LogP contribution in [0.5, 0.6) is 0 Å². The van der Waals surface area contributed by atoms with Crippen LogP contribution in [0, 0.1) is 12.7 Å². The highest BCUT2D eigenvalue weighted by Crippen LogP contribution is 2.30. The van der Waals surface area contributed by atoms with E-state index in [9.17, 15) is 14.0 Å². The average Bonchev–Trinajstić information content (AvgIpc) is 3.24. The molecule has 3 aromatic carbocycles. The van der Waals surface area contributed by atoms with Gasteiger partial charge in [0.1, 0.15) is 5.82 Å². The molecule has 0 atom stereocenters. The summed E-state index contributed by atoms with van der Waals surface area (Å²) in [4.78, 5) is 36.0. The largest absolute Gasteiger partial charge is 0.338 e. The van der Waals surface area contributed by atoms with E-state index in [1.54, 1.807) is 12.1 Å². The molecule has 7 heteroatoms. The molecule has 0 spiro atoms. The number of piperidine rings is 1. The number of halogens is 1. The third-order valence-electron chi connectivity index (χ3n) is 7.08. The zero-order valence-electron chi connectivity index (χ0n) is 19.9. The van der Waals surface area contributed by atoms with Crippen LogP contribution in [-0.4, -0.2) is 38.4 Å². The third kappa shape index (κ3) is 3.86. The second kappa shape index (κ2) is 8.75. The van der Waals surface area contributed by atoms with Crippen LogP contribution in [0.2, 0.25) is 0 Å². The minimum absolute atomic E-state index is 0.0314. The summed E-state index contributed by atoms with van der Waals surface area (Å²) in [5.41, 5.74) is 5.36. The zero-order chi connectivity index (χ0) is 24.8. The number of hydrogen-bond acceptors (Lipinski definition) is 3. The Bertz CT molecular complexity index is 1660. The minimum Gasteiger partial charge on any atom is -0.338 e. The van der Waals surface area contributed by atoms with E-state index in [0.29, 0.717) is 37.2 Å². The summed E-state index contributed by atoms with van der Waals surface area (Å²) in [6, 6.07) is 21.6. The third-order valence-corrected chi connectivity index (χ3v) is 7.08. The van der Waals surface area contributed by atoms with Crippen molar-refractivity contribution in [2.75, 3.05) is 13.1 Å². The fourth-order valence-electron chi connectivity index (χ4n) is 5.22. The number of carbonyl (C=O) groups excluding carboxylic acids is 1. The van der Waals surface area contributed by atoms with E-state index in [4.69, 9.17) is 4.98 Å². The van der Waals surface area contributed by atoms with Crippen LogP contribution in [0.1, 0.15) is 34.8 Å². The first-order chi connectivity index (χ1) is 17.5. The molecule has 1 N–H and O–H groups in total. The van der Waals surface area contributed by atoms with E-state index >= 15 is 0 Å². The van der Waals surface area contributed by atoms with E-state index in [2.05, 4.69) is 4.98 Å². The molecule has 0 bridgehead atoms. The Labute approximate surface area is 207 Å². The lowest BCUT2D eigenvalue weighted by Gasteiger charge is -2.33. The SMILES string of the molecule is Cc1ccc2nc(-c3ccc(F)cc3)cc(C(=O)N3CCC(n4c(=O)[nH]c5ccccc54)CC3)c2c1. The molecule has 1 saturated heterocycles. The molecule has 0 radical (unpaired) electrons. The molecule has 6 rings (SSSR count). The average molecular weight is 481 g/mol. The number of carbonyl (C=O) groups is 1. The van der Waals surface area contributed by atoms with Gasteiger partial charge in [-0.05, 0) is 74.4 Å². The summed E-state index contributed by atoms with van der Waals surface area (Å²) >= 11 is 0. The van der Waals surface area contributed by atoms with Gasteiger partial charge in [-0.15, -0.1) is 0 Å². The van der Waals surface area contributed by atoms with Crippen molar-refractivity contribution >= 4 is 27.8 Å². The van der Waals surface area contributed by atoms with Crippen LogP contribution in [0.3, 0.4) is 0 Å². The van der Waals surface area contributed by atoms with E-state index in [1.807, 2.05) is 64.9 Å². The van der Waals surface area contributed by atoms with Gasteiger partial charge in [0.2, 0.25) is 0 Å². The molecule has 6 nitrogen and oxygen atoms in total. The van der Waals surface area contributed by atoms with Crippen LogP contribution >= 0.6 is 0 Å². The van der Waals surface area contributed by atoms with Gasteiger partial charge in [-0.1, -0.05) is 23.8 Å². The lowest BCUT2D eigenvalue weighted by Crippen LogP contribution is -2.40. The van der Waals surface area contributed by atoms with Gasteiger partial charge in [0.15, 0.2) is 0 Å². The van der Waals surface area contributed by atoms with E-state index in [0.717, 1.165) is 33.1 Å². The Morgan fingerprint density at radius 1 is 1.00 bits per heavy atom. The Balaban J connectivity index is 1.32. The number of nitrogens with one attached hydrogen (secondary N) is 1. The second-order valence-corrected chi connectivity index (χ2v) is 9.42. The smallest absolute Gasteiger partial charge is 0.326 e. The fraction of sp³-hybridized carbons (Fsp3) is 0.207. The molecule has 1 aliphatic rings. The van der Waals surface area contributed by atoms with Crippen molar-refractivity contribution in [3.8, 4) is 11.3 Å². The molecular formula is C29H25FN4O2. The number of likely N-dealkylation sites (tertiary alicyclic amines) is 1. The van der Waals surface area contributed by atoms with Gasteiger partial charge < -0.3 is 9.88 Å². The number of benzene rings is 3. The van der Waals surface area contributed by atoms with Crippen molar-refractivity contribution in [3.63, 3.8) is 0 Å². The van der Waals surface area contributed by atoms with Gasteiger partial charge in [0.25, 0.3) is 5.91 Å². The predicted molar refractivity (Wildman–Crippen MR) is 139 cm³/mol. The highest BCUT2D eigenvalue weighted by Gasteiger charge is 2.28. The monoisotopic (exact) mass is 480 g/mol. The Kier molecular flexibility index (Phi) is 5.40. The van der Waals surface area contributed by atoms with Crippen LogP contribution < -0.4 is 5.69 Å². The zero-order valence-corrected chi connectivity index (χ0v) is 19.9. The first-order valence-corrected chi connectivity index (χ1v) is 12.1.